The number of aromatic nitrogens is 1. The van der Waals surface area contributed by atoms with Crippen molar-refractivity contribution in [2.75, 3.05) is 13.6 Å². The molecule has 0 radical (unpaired) electrons. The van der Waals surface area contributed by atoms with Crippen molar-refractivity contribution in [3.63, 3.8) is 0 Å². The molecule has 1 rings (SSSR count). The van der Waals surface area contributed by atoms with E-state index >= 15 is 0 Å². The Morgan fingerprint density at radius 2 is 2.62 bits per heavy atom. The smallest absolute Gasteiger partial charge is 0.365 e. The summed E-state index contributed by atoms with van der Waals surface area (Å²) in [6.45, 7) is 0.569. The molecule has 0 fully saturated rings. The van der Waals surface area contributed by atoms with E-state index in [1.165, 1.54) is 0 Å². The Morgan fingerprint density at radius 3 is 3.15 bits per heavy atom. The highest BCUT2D eigenvalue weighted by molar-refractivity contribution is 7.11. The van der Waals surface area contributed by atoms with Crippen molar-refractivity contribution in [2.45, 2.75) is 0 Å². The zero-order chi connectivity index (χ0) is 9.68. The normalized spacial score (nSPS) is 9.00. The maximum absolute atomic E-state index is 10.4. The van der Waals surface area contributed by atoms with E-state index in [2.05, 4.69) is 22.1 Å². The van der Waals surface area contributed by atoms with E-state index < -0.39 is 5.97 Å². The molecular formula is C8H8N2O2S. The summed E-state index contributed by atoms with van der Waals surface area (Å²) in [5.41, 5.74) is 0.512. The predicted octanol–water partition coefficient (Wildman–Crippen LogP) is 0.412. The number of carboxylic acids is 1. The van der Waals surface area contributed by atoms with Crippen LogP contribution in [0.15, 0.2) is 5.38 Å². The van der Waals surface area contributed by atoms with Gasteiger partial charge in [-0.2, -0.15) is 0 Å². The lowest BCUT2D eigenvalue weighted by Crippen LogP contribution is -2.04. The van der Waals surface area contributed by atoms with E-state index in [0.29, 0.717) is 12.2 Å². The molecule has 1 aromatic rings. The topological polar surface area (TPSA) is 62.2 Å². The molecule has 0 spiro atoms. The molecule has 0 aliphatic heterocycles. The lowest BCUT2D eigenvalue weighted by molar-refractivity contribution is 0.0696. The van der Waals surface area contributed by atoms with Crippen LogP contribution >= 0.6 is 11.3 Å². The molecule has 0 bridgehead atoms. The van der Waals surface area contributed by atoms with Gasteiger partial charge in [0.2, 0.25) is 5.01 Å². The largest absolute Gasteiger partial charge is 0.476 e. The van der Waals surface area contributed by atoms with Crippen molar-refractivity contribution in [1.82, 2.24) is 10.3 Å². The number of hydrogen-bond acceptors (Lipinski definition) is 4. The minimum Gasteiger partial charge on any atom is -0.476 e. The second-order valence-electron chi connectivity index (χ2n) is 2.18. The van der Waals surface area contributed by atoms with Gasteiger partial charge in [-0.3, -0.25) is 0 Å². The third kappa shape index (κ3) is 2.86. The summed E-state index contributed by atoms with van der Waals surface area (Å²) in [5.74, 6) is 4.53. The molecule has 1 heterocycles. The van der Waals surface area contributed by atoms with E-state index in [9.17, 15) is 4.79 Å². The number of carboxylic acid groups (broad SMARTS) is 1. The number of carbonyl (C=O) groups is 1. The standard InChI is InChI=1S/C8H8N2O2S/c1-9-4-2-3-6-5-13-7(10-6)8(11)12/h5,9H,4H2,1H3,(H,11,12). The number of rotatable bonds is 2. The van der Waals surface area contributed by atoms with Gasteiger partial charge >= 0.3 is 5.97 Å². The van der Waals surface area contributed by atoms with Crippen molar-refractivity contribution in [3.05, 3.63) is 16.1 Å². The SMILES string of the molecule is CNCC#Cc1csc(C(=O)O)n1. The van der Waals surface area contributed by atoms with E-state index in [1.54, 1.807) is 12.4 Å². The van der Waals surface area contributed by atoms with Gasteiger partial charge in [0.15, 0.2) is 0 Å². The van der Waals surface area contributed by atoms with E-state index in [4.69, 9.17) is 5.11 Å². The number of thiazole rings is 1. The van der Waals surface area contributed by atoms with E-state index in [1.807, 2.05) is 0 Å². The second-order valence-corrected chi connectivity index (χ2v) is 3.03. The minimum atomic E-state index is -1.01. The van der Waals surface area contributed by atoms with Crippen LogP contribution in [0.1, 0.15) is 15.5 Å². The average molecular weight is 196 g/mol. The van der Waals surface area contributed by atoms with Crippen LogP contribution in [0.5, 0.6) is 0 Å². The van der Waals surface area contributed by atoms with Crippen LogP contribution in [0, 0.1) is 11.8 Å². The maximum atomic E-state index is 10.4. The quantitative estimate of drug-likeness (QED) is 0.673. The summed E-state index contributed by atoms with van der Waals surface area (Å²) in [6.07, 6.45) is 0. The van der Waals surface area contributed by atoms with Gasteiger partial charge in [0.1, 0.15) is 5.69 Å². The average Bonchev–Trinajstić information content (AvgIpc) is 2.53. The Labute approximate surface area is 79.6 Å². The zero-order valence-corrected chi connectivity index (χ0v) is 7.81. The molecule has 4 nitrogen and oxygen atoms in total. The Balaban J connectivity index is 2.71. The fourth-order valence-corrected chi connectivity index (χ4v) is 1.24. The molecule has 0 aliphatic rings. The molecule has 0 unspecified atom stereocenters. The molecule has 0 saturated carbocycles. The predicted molar refractivity (Wildman–Crippen MR) is 49.9 cm³/mol. The van der Waals surface area contributed by atoms with Crippen molar-refractivity contribution in [1.29, 1.82) is 0 Å². The first-order chi connectivity index (χ1) is 6.24. The van der Waals surface area contributed by atoms with Crippen molar-refractivity contribution in [3.8, 4) is 11.8 Å². The molecule has 13 heavy (non-hydrogen) atoms. The number of hydrogen-bond donors (Lipinski definition) is 2. The highest BCUT2D eigenvalue weighted by atomic mass is 32.1. The molecule has 0 amide bonds. The first kappa shape index (κ1) is 9.71. The second kappa shape index (κ2) is 4.60. The summed E-state index contributed by atoms with van der Waals surface area (Å²) in [6, 6.07) is 0. The van der Waals surface area contributed by atoms with Gasteiger partial charge in [-0.25, -0.2) is 9.78 Å². The summed E-state index contributed by atoms with van der Waals surface area (Å²) >= 11 is 1.08. The molecule has 68 valence electrons. The van der Waals surface area contributed by atoms with Crippen molar-refractivity contribution in [2.24, 2.45) is 0 Å². The molecule has 1 aromatic heterocycles. The van der Waals surface area contributed by atoms with Gasteiger partial charge in [-0.05, 0) is 13.0 Å². The van der Waals surface area contributed by atoms with Gasteiger partial charge in [0.25, 0.3) is 0 Å². The highest BCUT2D eigenvalue weighted by Gasteiger charge is 2.06. The summed E-state index contributed by atoms with van der Waals surface area (Å²) in [7, 11) is 1.79. The fraction of sp³-hybridized carbons (Fsp3) is 0.250. The summed E-state index contributed by atoms with van der Waals surface area (Å²) < 4.78 is 0. The van der Waals surface area contributed by atoms with Gasteiger partial charge in [0, 0.05) is 5.38 Å². The van der Waals surface area contributed by atoms with Crippen LogP contribution < -0.4 is 5.32 Å². The van der Waals surface area contributed by atoms with E-state index in [-0.39, 0.29) is 5.01 Å². The Morgan fingerprint density at radius 1 is 1.85 bits per heavy atom. The zero-order valence-electron chi connectivity index (χ0n) is 7.00. The Hall–Kier alpha value is -1.38. The lowest BCUT2D eigenvalue weighted by atomic mass is 10.4. The summed E-state index contributed by atoms with van der Waals surface area (Å²) in [5, 5.41) is 13.1. The maximum Gasteiger partial charge on any atom is 0.365 e. The molecule has 0 aliphatic carbocycles. The first-order valence-corrected chi connectivity index (χ1v) is 4.44. The molecule has 5 heteroatoms. The number of nitrogens with one attached hydrogen (secondary N) is 1. The molecule has 0 aromatic carbocycles. The van der Waals surface area contributed by atoms with Crippen LogP contribution in [0.4, 0.5) is 0 Å². The Kier molecular flexibility index (Phi) is 3.43. The van der Waals surface area contributed by atoms with Crippen LogP contribution in [0.3, 0.4) is 0 Å². The third-order valence-electron chi connectivity index (χ3n) is 1.17. The van der Waals surface area contributed by atoms with Crippen LogP contribution in [-0.2, 0) is 0 Å². The number of aromatic carboxylic acids is 1. The molecule has 2 N–H and O–H groups in total. The van der Waals surface area contributed by atoms with Crippen molar-refractivity contribution < 1.29 is 9.90 Å². The summed E-state index contributed by atoms with van der Waals surface area (Å²) in [4.78, 5) is 14.2. The monoisotopic (exact) mass is 196 g/mol. The molecule has 0 atom stereocenters. The van der Waals surface area contributed by atoms with Crippen LogP contribution in [-0.4, -0.2) is 29.7 Å². The van der Waals surface area contributed by atoms with Gasteiger partial charge in [-0.15, -0.1) is 11.3 Å². The first-order valence-electron chi connectivity index (χ1n) is 3.56. The minimum absolute atomic E-state index is 0.0776. The van der Waals surface area contributed by atoms with Gasteiger partial charge < -0.3 is 10.4 Å². The van der Waals surface area contributed by atoms with Crippen LogP contribution in [0.25, 0.3) is 0 Å². The van der Waals surface area contributed by atoms with Crippen molar-refractivity contribution >= 4 is 17.3 Å². The van der Waals surface area contributed by atoms with Crippen LogP contribution in [0.2, 0.25) is 0 Å². The highest BCUT2D eigenvalue weighted by Crippen LogP contribution is 2.07. The lowest BCUT2D eigenvalue weighted by Gasteiger charge is -1.82. The van der Waals surface area contributed by atoms with Gasteiger partial charge in [-0.1, -0.05) is 5.92 Å². The number of nitrogens with zero attached hydrogens (tertiary/aromatic N) is 1. The Bertz CT molecular complexity index is 362. The van der Waals surface area contributed by atoms with E-state index in [0.717, 1.165) is 11.3 Å². The molecule has 0 saturated heterocycles. The van der Waals surface area contributed by atoms with Gasteiger partial charge in [0.05, 0.1) is 6.54 Å². The molecular weight excluding hydrogens is 188 g/mol. The third-order valence-corrected chi connectivity index (χ3v) is 2.00. The fourth-order valence-electron chi connectivity index (χ4n) is 0.653.